The van der Waals surface area contributed by atoms with Crippen molar-refractivity contribution in [1.29, 1.82) is 0 Å². The number of halogens is 1. The van der Waals surface area contributed by atoms with Crippen LogP contribution < -0.4 is 10.5 Å². The van der Waals surface area contributed by atoms with Crippen LogP contribution >= 0.6 is 0 Å². The molecule has 4 rings (SSSR count). The van der Waals surface area contributed by atoms with E-state index in [2.05, 4.69) is 4.98 Å². The van der Waals surface area contributed by atoms with Crippen molar-refractivity contribution < 1.29 is 19.0 Å². The Hall–Kier alpha value is -3.51. The molecule has 30 heavy (non-hydrogen) atoms. The Morgan fingerprint density at radius 2 is 1.93 bits per heavy atom. The molecule has 6 heteroatoms. The summed E-state index contributed by atoms with van der Waals surface area (Å²) in [4.78, 5) is 15.8. The van der Waals surface area contributed by atoms with Crippen LogP contribution in [-0.4, -0.2) is 16.1 Å². The highest BCUT2D eigenvalue weighted by molar-refractivity contribution is 5.79. The molecule has 1 heterocycles. The number of fused-ring (bicyclic) bond motifs is 1. The van der Waals surface area contributed by atoms with Crippen LogP contribution in [-0.2, 0) is 30.8 Å². The number of hydrogen-bond acceptors (Lipinski definition) is 4. The number of para-hydroxylation sites is 1. The Morgan fingerprint density at radius 1 is 1.13 bits per heavy atom. The topological polar surface area (TPSA) is 85.4 Å². The van der Waals surface area contributed by atoms with Gasteiger partial charge in [-0.25, -0.2) is 4.39 Å². The van der Waals surface area contributed by atoms with Crippen LogP contribution in [0.4, 0.5) is 4.39 Å². The van der Waals surface area contributed by atoms with Crippen molar-refractivity contribution in [2.45, 2.75) is 26.0 Å². The second-order valence-corrected chi connectivity index (χ2v) is 7.08. The molecule has 2 aromatic carbocycles. The number of rotatable bonds is 7. The fourth-order valence-corrected chi connectivity index (χ4v) is 3.64. The first-order valence-corrected chi connectivity index (χ1v) is 9.66. The Kier molecular flexibility index (Phi) is 5.59. The number of carbonyl (C=O) groups is 1. The maximum absolute atomic E-state index is 15.0. The average molecular weight is 404 g/mol. The van der Waals surface area contributed by atoms with Crippen LogP contribution in [0.2, 0.25) is 0 Å². The highest BCUT2D eigenvalue weighted by atomic mass is 19.1. The quantitative estimate of drug-likeness (QED) is 0.619. The van der Waals surface area contributed by atoms with Gasteiger partial charge in [-0.05, 0) is 17.7 Å². The molecule has 1 aliphatic rings. The van der Waals surface area contributed by atoms with E-state index in [9.17, 15) is 9.18 Å². The SMILES string of the molecule is NCc1cccc(-c2cc(COc3ccccc3CC(=O)O)nc3c2C=CC3)c1F. The molecule has 0 bridgehead atoms. The minimum Gasteiger partial charge on any atom is -0.487 e. The third-order valence-corrected chi connectivity index (χ3v) is 5.06. The molecule has 3 aromatic rings. The van der Waals surface area contributed by atoms with Gasteiger partial charge in [0.1, 0.15) is 18.2 Å². The van der Waals surface area contributed by atoms with Gasteiger partial charge < -0.3 is 15.6 Å². The molecule has 0 saturated carbocycles. The van der Waals surface area contributed by atoms with Crippen molar-refractivity contribution in [3.05, 3.63) is 88.5 Å². The number of aliphatic carboxylic acids is 1. The zero-order valence-corrected chi connectivity index (χ0v) is 16.3. The van der Waals surface area contributed by atoms with E-state index in [1.807, 2.05) is 18.2 Å². The Bertz CT molecular complexity index is 1140. The average Bonchev–Trinajstić information content (AvgIpc) is 3.21. The number of pyridine rings is 1. The third-order valence-electron chi connectivity index (χ3n) is 5.06. The number of benzene rings is 2. The summed E-state index contributed by atoms with van der Waals surface area (Å²) in [5.41, 5.74) is 10.4. The van der Waals surface area contributed by atoms with Gasteiger partial charge in [-0.3, -0.25) is 9.78 Å². The van der Waals surface area contributed by atoms with Gasteiger partial charge in [0.15, 0.2) is 0 Å². The van der Waals surface area contributed by atoms with Crippen molar-refractivity contribution >= 4 is 12.0 Å². The lowest BCUT2D eigenvalue weighted by atomic mass is 9.97. The number of aromatic nitrogens is 1. The lowest BCUT2D eigenvalue weighted by Gasteiger charge is -2.15. The first-order valence-electron chi connectivity index (χ1n) is 9.66. The number of hydrogen-bond donors (Lipinski definition) is 2. The zero-order valence-electron chi connectivity index (χ0n) is 16.3. The molecule has 0 aliphatic heterocycles. The molecular formula is C24H21FN2O3. The van der Waals surface area contributed by atoms with E-state index in [0.717, 1.165) is 16.8 Å². The van der Waals surface area contributed by atoms with Gasteiger partial charge in [-0.15, -0.1) is 0 Å². The standard InChI is InChI=1S/C24H21FN2O3/c25-24-16(13-26)6-3-8-19(24)20-12-17(27-21-9-4-7-18(20)21)14-30-22-10-2-1-5-15(22)11-23(28)29/h1-8,10,12H,9,11,13-14,26H2,(H,28,29). The van der Waals surface area contributed by atoms with Gasteiger partial charge in [-0.1, -0.05) is 48.6 Å². The number of ether oxygens (including phenoxy) is 1. The maximum atomic E-state index is 15.0. The predicted molar refractivity (Wildman–Crippen MR) is 112 cm³/mol. The van der Waals surface area contributed by atoms with Crippen LogP contribution in [0.25, 0.3) is 17.2 Å². The minimum absolute atomic E-state index is 0.124. The summed E-state index contributed by atoms with van der Waals surface area (Å²) >= 11 is 0. The smallest absolute Gasteiger partial charge is 0.307 e. The first-order chi connectivity index (χ1) is 14.6. The summed E-state index contributed by atoms with van der Waals surface area (Å²) < 4.78 is 20.9. The van der Waals surface area contributed by atoms with E-state index in [-0.39, 0.29) is 25.4 Å². The molecule has 0 radical (unpaired) electrons. The molecule has 0 unspecified atom stereocenters. The van der Waals surface area contributed by atoms with Gasteiger partial charge in [0, 0.05) is 35.2 Å². The molecular weight excluding hydrogens is 383 g/mol. The van der Waals surface area contributed by atoms with Gasteiger partial charge in [0.05, 0.1) is 17.8 Å². The fourth-order valence-electron chi connectivity index (χ4n) is 3.64. The van der Waals surface area contributed by atoms with E-state index in [1.165, 1.54) is 0 Å². The fraction of sp³-hybridized carbons (Fsp3) is 0.167. The minimum atomic E-state index is -0.926. The number of carboxylic acid groups (broad SMARTS) is 1. The molecule has 3 N–H and O–H groups in total. The van der Waals surface area contributed by atoms with Crippen molar-refractivity contribution in [3.63, 3.8) is 0 Å². The van der Waals surface area contributed by atoms with Gasteiger partial charge >= 0.3 is 5.97 Å². The molecule has 5 nitrogen and oxygen atoms in total. The summed E-state index contributed by atoms with van der Waals surface area (Å²) in [5.74, 6) is -0.754. The van der Waals surface area contributed by atoms with Crippen molar-refractivity contribution in [3.8, 4) is 16.9 Å². The summed E-state index contributed by atoms with van der Waals surface area (Å²) in [6.45, 7) is 0.272. The van der Waals surface area contributed by atoms with Crippen LogP contribution in [0, 0.1) is 5.82 Å². The van der Waals surface area contributed by atoms with E-state index in [0.29, 0.717) is 34.6 Å². The normalized spacial score (nSPS) is 12.1. The maximum Gasteiger partial charge on any atom is 0.307 e. The van der Waals surface area contributed by atoms with E-state index in [4.69, 9.17) is 15.6 Å². The van der Waals surface area contributed by atoms with Crippen LogP contribution in [0.3, 0.4) is 0 Å². The lowest BCUT2D eigenvalue weighted by molar-refractivity contribution is -0.136. The van der Waals surface area contributed by atoms with E-state index in [1.54, 1.807) is 42.5 Å². The summed E-state index contributed by atoms with van der Waals surface area (Å²) in [5, 5.41) is 9.09. The van der Waals surface area contributed by atoms with Crippen LogP contribution in [0.1, 0.15) is 28.1 Å². The molecule has 0 amide bonds. The van der Waals surface area contributed by atoms with Crippen molar-refractivity contribution in [1.82, 2.24) is 4.98 Å². The number of carboxylic acids is 1. The molecule has 0 spiro atoms. The zero-order chi connectivity index (χ0) is 21.1. The van der Waals surface area contributed by atoms with Gasteiger partial charge in [0.25, 0.3) is 0 Å². The largest absolute Gasteiger partial charge is 0.487 e. The second-order valence-electron chi connectivity index (χ2n) is 7.08. The molecule has 152 valence electrons. The third kappa shape index (κ3) is 3.95. The second kappa shape index (κ2) is 8.47. The van der Waals surface area contributed by atoms with Gasteiger partial charge in [0.2, 0.25) is 0 Å². The number of allylic oxidation sites excluding steroid dienone is 1. The van der Waals surface area contributed by atoms with Crippen LogP contribution in [0.5, 0.6) is 5.75 Å². The highest BCUT2D eigenvalue weighted by Crippen LogP contribution is 2.34. The molecule has 0 atom stereocenters. The summed E-state index contributed by atoms with van der Waals surface area (Å²) in [7, 11) is 0. The summed E-state index contributed by atoms with van der Waals surface area (Å²) in [6, 6.07) is 14.1. The Balaban J connectivity index is 1.68. The Labute approximate surface area is 173 Å². The lowest BCUT2D eigenvalue weighted by Crippen LogP contribution is -2.07. The first kappa shape index (κ1) is 19.8. The van der Waals surface area contributed by atoms with Crippen molar-refractivity contribution in [2.75, 3.05) is 0 Å². The van der Waals surface area contributed by atoms with E-state index < -0.39 is 5.97 Å². The monoisotopic (exact) mass is 404 g/mol. The Morgan fingerprint density at radius 3 is 2.73 bits per heavy atom. The van der Waals surface area contributed by atoms with E-state index >= 15 is 0 Å². The molecule has 0 saturated heterocycles. The van der Waals surface area contributed by atoms with Crippen molar-refractivity contribution in [2.24, 2.45) is 5.73 Å². The molecule has 0 fully saturated rings. The predicted octanol–water partition coefficient (Wildman–Crippen LogP) is 4.12. The van der Waals surface area contributed by atoms with Gasteiger partial charge in [-0.2, -0.15) is 0 Å². The molecule has 1 aromatic heterocycles. The molecule has 1 aliphatic carbocycles. The summed E-state index contributed by atoms with van der Waals surface area (Å²) in [6.07, 6.45) is 4.50. The van der Waals surface area contributed by atoms with Crippen LogP contribution in [0.15, 0.2) is 54.6 Å². The number of nitrogens with two attached hydrogens (primary N) is 1. The number of nitrogens with zero attached hydrogens (tertiary/aromatic N) is 1. The highest BCUT2D eigenvalue weighted by Gasteiger charge is 2.19.